The number of aryl methyl sites for hydroxylation is 2. The van der Waals surface area contributed by atoms with Crippen LogP contribution < -0.4 is 0 Å². The van der Waals surface area contributed by atoms with Crippen LogP contribution in [0.4, 0.5) is 0 Å². The van der Waals surface area contributed by atoms with E-state index in [4.69, 9.17) is 0 Å². The summed E-state index contributed by atoms with van der Waals surface area (Å²) in [5, 5.41) is 0. The summed E-state index contributed by atoms with van der Waals surface area (Å²) >= 11 is 0. The van der Waals surface area contributed by atoms with Gasteiger partial charge in [-0.25, -0.2) is 0 Å². The summed E-state index contributed by atoms with van der Waals surface area (Å²) in [6, 6.07) is 2.61. The number of rotatable bonds is 9. The predicted molar refractivity (Wildman–Crippen MR) is 120 cm³/mol. The fourth-order valence-electron chi connectivity index (χ4n) is 4.47. The van der Waals surface area contributed by atoms with Crippen LogP contribution in [-0.2, 0) is 30.1 Å². The lowest BCUT2D eigenvalue weighted by atomic mass is 9.70. The van der Waals surface area contributed by atoms with Crippen molar-refractivity contribution in [1.82, 2.24) is 0 Å². The van der Waals surface area contributed by atoms with Gasteiger partial charge in [0.1, 0.15) is 0 Å². The molecular formula is C26H46. The minimum Gasteiger partial charge on any atom is -0.0654 e. The molecule has 0 heterocycles. The molecule has 1 rings (SSSR count). The zero-order valence-electron chi connectivity index (χ0n) is 19.4. The highest BCUT2D eigenvalue weighted by atomic mass is 14.3. The van der Waals surface area contributed by atoms with Crippen molar-refractivity contribution in [1.29, 1.82) is 0 Å². The van der Waals surface area contributed by atoms with E-state index in [2.05, 4.69) is 68.4 Å². The van der Waals surface area contributed by atoms with E-state index in [1.54, 1.807) is 27.8 Å². The van der Waals surface area contributed by atoms with E-state index in [0.717, 1.165) is 0 Å². The third kappa shape index (κ3) is 6.14. The van der Waals surface area contributed by atoms with Crippen LogP contribution in [0.5, 0.6) is 0 Å². The smallest absolute Gasteiger partial charge is 0.0126 e. The van der Waals surface area contributed by atoms with Crippen LogP contribution in [0.3, 0.4) is 0 Å². The largest absolute Gasteiger partial charge is 0.0654 e. The Balaban J connectivity index is 3.76. The van der Waals surface area contributed by atoms with Crippen molar-refractivity contribution in [2.45, 2.75) is 131 Å². The molecule has 0 aliphatic rings. The summed E-state index contributed by atoms with van der Waals surface area (Å²) in [4.78, 5) is 0. The maximum atomic E-state index is 2.61. The van der Waals surface area contributed by atoms with E-state index >= 15 is 0 Å². The molecule has 0 N–H and O–H groups in total. The van der Waals surface area contributed by atoms with Crippen LogP contribution in [0.1, 0.15) is 129 Å². The van der Waals surface area contributed by atoms with Crippen molar-refractivity contribution in [3.05, 3.63) is 33.9 Å². The van der Waals surface area contributed by atoms with E-state index < -0.39 is 0 Å². The molecule has 0 unspecified atom stereocenters. The normalized spacial score (nSPS) is 12.7. The highest BCUT2D eigenvalue weighted by Gasteiger charge is 2.29. The monoisotopic (exact) mass is 358 g/mol. The molecular weight excluding hydrogens is 312 g/mol. The Kier molecular flexibility index (Phi) is 8.90. The van der Waals surface area contributed by atoms with Gasteiger partial charge < -0.3 is 0 Å². The molecule has 0 spiro atoms. The second-order valence-corrected chi connectivity index (χ2v) is 10.2. The van der Waals surface area contributed by atoms with Crippen LogP contribution in [0.15, 0.2) is 6.07 Å². The van der Waals surface area contributed by atoms with Crippen LogP contribution in [0, 0.1) is 0 Å². The Hall–Kier alpha value is -0.780. The Morgan fingerprint density at radius 2 is 0.923 bits per heavy atom. The van der Waals surface area contributed by atoms with Crippen LogP contribution >= 0.6 is 0 Å². The van der Waals surface area contributed by atoms with E-state index in [1.165, 1.54) is 57.8 Å². The zero-order chi connectivity index (χ0) is 20.0. The third-order valence-electron chi connectivity index (χ3n) is 5.47. The molecule has 26 heavy (non-hydrogen) atoms. The number of hydrogen-bond acceptors (Lipinski definition) is 0. The molecule has 0 aromatic heterocycles. The minimum absolute atomic E-state index is 0.218. The molecule has 150 valence electrons. The van der Waals surface area contributed by atoms with E-state index in [9.17, 15) is 0 Å². The standard InChI is InChI=1S/C26H46/c1-10-13-16-20-19-21(17-14-11-2)24(26(7,8)9)22(18-15-12-3)23(20)25(4,5)6/h19H,10-18H2,1-9H3. The van der Waals surface area contributed by atoms with Gasteiger partial charge in [-0.2, -0.15) is 0 Å². The average Bonchev–Trinajstić information content (AvgIpc) is 2.53. The van der Waals surface area contributed by atoms with Crippen molar-refractivity contribution in [2.75, 3.05) is 0 Å². The summed E-state index contributed by atoms with van der Waals surface area (Å²) < 4.78 is 0. The molecule has 0 aliphatic heterocycles. The summed E-state index contributed by atoms with van der Waals surface area (Å²) in [7, 11) is 0. The topological polar surface area (TPSA) is 0 Å². The van der Waals surface area contributed by atoms with Gasteiger partial charge in [0.05, 0.1) is 0 Å². The summed E-state index contributed by atoms with van der Waals surface area (Å²) in [5.74, 6) is 0. The molecule has 0 radical (unpaired) electrons. The van der Waals surface area contributed by atoms with Crippen molar-refractivity contribution in [3.63, 3.8) is 0 Å². The quantitative estimate of drug-likeness (QED) is 0.416. The molecule has 0 atom stereocenters. The first-order valence-corrected chi connectivity index (χ1v) is 11.3. The third-order valence-corrected chi connectivity index (χ3v) is 5.47. The molecule has 0 nitrogen and oxygen atoms in total. The van der Waals surface area contributed by atoms with Gasteiger partial charge >= 0.3 is 0 Å². The lowest BCUT2D eigenvalue weighted by Gasteiger charge is -2.35. The molecule has 1 aromatic carbocycles. The molecule has 0 saturated heterocycles. The molecule has 0 saturated carbocycles. The SMILES string of the molecule is CCCCc1cc(CCCC)c(C(C)(C)C)c(CCCC)c1C(C)(C)C. The lowest BCUT2D eigenvalue weighted by Crippen LogP contribution is -2.25. The van der Waals surface area contributed by atoms with Crippen LogP contribution in [0.25, 0.3) is 0 Å². The van der Waals surface area contributed by atoms with Crippen LogP contribution in [-0.4, -0.2) is 0 Å². The average molecular weight is 359 g/mol. The van der Waals surface area contributed by atoms with Crippen molar-refractivity contribution < 1.29 is 0 Å². The fraction of sp³-hybridized carbons (Fsp3) is 0.769. The van der Waals surface area contributed by atoms with Gasteiger partial charge in [0.25, 0.3) is 0 Å². The Morgan fingerprint density at radius 1 is 0.577 bits per heavy atom. The molecule has 0 aliphatic carbocycles. The van der Waals surface area contributed by atoms with Crippen molar-refractivity contribution in [2.24, 2.45) is 0 Å². The summed E-state index contributed by atoms with van der Waals surface area (Å²) in [6.45, 7) is 21.5. The van der Waals surface area contributed by atoms with Gasteiger partial charge in [0, 0.05) is 0 Å². The molecule has 0 fully saturated rings. The first-order valence-electron chi connectivity index (χ1n) is 11.3. The maximum absolute atomic E-state index is 2.61. The van der Waals surface area contributed by atoms with Gasteiger partial charge in [0.2, 0.25) is 0 Å². The fourth-order valence-corrected chi connectivity index (χ4v) is 4.47. The van der Waals surface area contributed by atoms with E-state index in [0.29, 0.717) is 0 Å². The predicted octanol–water partition coefficient (Wildman–Crippen LogP) is 8.31. The summed E-state index contributed by atoms with van der Waals surface area (Å²) in [6.07, 6.45) is 11.5. The van der Waals surface area contributed by atoms with Crippen LogP contribution in [0.2, 0.25) is 0 Å². The van der Waals surface area contributed by atoms with Gasteiger partial charge in [-0.1, -0.05) is 87.6 Å². The number of unbranched alkanes of at least 4 members (excludes halogenated alkanes) is 3. The minimum atomic E-state index is 0.218. The molecule has 0 amide bonds. The number of hydrogen-bond donors (Lipinski definition) is 0. The molecule has 0 heteroatoms. The first kappa shape index (κ1) is 23.3. The Bertz CT molecular complexity index is 505. The van der Waals surface area contributed by atoms with Gasteiger partial charge in [-0.15, -0.1) is 0 Å². The summed E-state index contributed by atoms with van der Waals surface area (Å²) in [5.41, 5.74) is 8.76. The van der Waals surface area contributed by atoms with Gasteiger partial charge in [0.15, 0.2) is 0 Å². The maximum Gasteiger partial charge on any atom is -0.0126 e. The second kappa shape index (κ2) is 9.95. The van der Waals surface area contributed by atoms with E-state index in [-0.39, 0.29) is 10.8 Å². The van der Waals surface area contributed by atoms with Crippen molar-refractivity contribution in [3.8, 4) is 0 Å². The highest BCUT2D eigenvalue weighted by Crippen LogP contribution is 2.40. The van der Waals surface area contributed by atoms with E-state index in [1.807, 2.05) is 0 Å². The zero-order valence-corrected chi connectivity index (χ0v) is 19.4. The Labute approximate surface area is 165 Å². The lowest BCUT2D eigenvalue weighted by molar-refractivity contribution is 0.537. The second-order valence-electron chi connectivity index (χ2n) is 10.2. The highest BCUT2D eigenvalue weighted by molar-refractivity contribution is 5.52. The number of benzene rings is 1. The first-order chi connectivity index (χ1) is 12.1. The van der Waals surface area contributed by atoms with Crippen molar-refractivity contribution >= 4 is 0 Å². The Morgan fingerprint density at radius 3 is 1.23 bits per heavy atom. The van der Waals surface area contributed by atoms with Gasteiger partial charge in [-0.3, -0.25) is 0 Å². The molecule has 1 aromatic rings. The van der Waals surface area contributed by atoms with Gasteiger partial charge in [-0.05, 0) is 77.2 Å². The molecule has 0 bridgehead atoms.